The number of hydrazone groups is 1. The van der Waals surface area contributed by atoms with Crippen LogP contribution in [0.25, 0.3) is 17.1 Å². The molecule has 0 fully saturated rings. The molecule has 1 heterocycles. The van der Waals surface area contributed by atoms with Crippen LogP contribution >= 0.6 is 0 Å². The molecule has 0 amide bonds. The number of alkyl halides is 3. The van der Waals surface area contributed by atoms with E-state index in [-0.39, 0.29) is 5.75 Å². The van der Waals surface area contributed by atoms with Gasteiger partial charge in [0.05, 0.1) is 11.9 Å². The number of aromatic nitrogens is 3. The minimum Gasteiger partial charge on any atom is -0.406 e. The highest BCUT2D eigenvalue weighted by atomic mass is 19.4. The van der Waals surface area contributed by atoms with Gasteiger partial charge in [-0.15, -0.1) is 18.3 Å². The fraction of sp³-hybridized carbons (Fsp3) is 0.0625. The van der Waals surface area contributed by atoms with Gasteiger partial charge in [-0.25, -0.2) is 9.67 Å². The topological polar surface area (TPSA) is 78.3 Å². The van der Waals surface area contributed by atoms with Crippen molar-refractivity contribution in [3.8, 4) is 22.8 Å². The van der Waals surface area contributed by atoms with Crippen LogP contribution in [-0.2, 0) is 0 Å². The predicted molar refractivity (Wildman–Crippen MR) is 85.3 cm³/mol. The molecule has 0 aliphatic carbocycles. The third-order valence-electron chi connectivity index (χ3n) is 3.22. The van der Waals surface area contributed by atoms with E-state index in [1.807, 2.05) is 24.3 Å². The van der Waals surface area contributed by atoms with Crippen LogP contribution in [0.15, 0.2) is 60.0 Å². The van der Waals surface area contributed by atoms with Gasteiger partial charge in [0.2, 0.25) is 0 Å². The molecular weight excluding hydrogens is 335 g/mol. The molecule has 0 unspecified atom stereocenters. The van der Waals surface area contributed by atoms with Crippen LogP contribution < -0.4 is 10.6 Å². The Morgan fingerprint density at radius 1 is 1.04 bits per heavy atom. The summed E-state index contributed by atoms with van der Waals surface area (Å²) in [6, 6.07) is 12.6. The van der Waals surface area contributed by atoms with E-state index in [0.717, 1.165) is 11.1 Å². The molecule has 128 valence electrons. The van der Waals surface area contributed by atoms with Crippen molar-refractivity contribution in [2.45, 2.75) is 6.36 Å². The van der Waals surface area contributed by atoms with Gasteiger partial charge in [-0.3, -0.25) is 0 Å². The SMILES string of the molecule is N/N=C\c1ccc(-c2ncn(-c3ccc(OC(F)(F)F)cc3)n2)cc1. The maximum atomic E-state index is 12.2. The second-order valence-corrected chi connectivity index (χ2v) is 4.95. The zero-order chi connectivity index (χ0) is 17.9. The third kappa shape index (κ3) is 4.14. The van der Waals surface area contributed by atoms with Crippen molar-refractivity contribution in [2.24, 2.45) is 10.9 Å². The van der Waals surface area contributed by atoms with E-state index in [4.69, 9.17) is 5.84 Å². The largest absolute Gasteiger partial charge is 0.573 e. The number of hydrogen-bond donors (Lipinski definition) is 1. The number of benzene rings is 2. The maximum absolute atomic E-state index is 12.2. The Morgan fingerprint density at radius 2 is 1.72 bits per heavy atom. The van der Waals surface area contributed by atoms with E-state index < -0.39 is 6.36 Å². The number of halogens is 3. The van der Waals surface area contributed by atoms with E-state index in [9.17, 15) is 13.2 Å². The fourth-order valence-corrected chi connectivity index (χ4v) is 2.12. The summed E-state index contributed by atoms with van der Waals surface area (Å²) >= 11 is 0. The Kier molecular flexibility index (Phi) is 4.38. The van der Waals surface area contributed by atoms with Crippen LogP contribution in [0.2, 0.25) is 0 Å². The van der Waals surface area contributed by atoms with E-state index in [1.165, 1.54) is 41.5 Å². The number of hydrogen-bond acceptors (Lipinski definition) is 5. The Labute approximate surface area is 140 Å². The van der Waals surface area contributed by atoms with Gasteiger partial charge in [0, 0.05) is 5.56 Å². The zero-order valence-electron chi connectivity index (χ0n) is 12.7. The summed E-state index contributed by atoms with van der Waals surface area (Å²) in [6.07, 6.45) is -1.73. The minimum absolute atomic E-state index is 0.297. The summed E-state index contributed by atoms with van der Waals surface area (Å²) in [5, 5.41) is 7.76. The smallest absolute Gasteiger partial charge is 0.406 e. The van der Waals surface area contributed by atoms with Gasteiger partial charge in [-0.2, -0.15) is 5.10 Å². The molecule has 9 heteroatoms. The summed E-state index contributed by atoms with van der Waals surface area (Å²) in [6.45, 7) is 0. The van der Waals surface area contributed by atoms with Crippen molar-refractivity contribution in [3.05, 3.63) is 60.4 Å². The highest BCUT2D eigenvalue weighted by molar-refractivity contribution is 5.80. The average molecular weight is 347 g/mol. The van der Waals surface area contributed by atoms with Gasteiger partial charge in [0.15, 0.2) is 5.82 Å². The first-order chi connectivity index (χ1) is 11.9. The first kappa shape index (κ1) is 16.5. The molecule has 0 saturated heterocycles. The lowest BCUT2D eigenvalue weighted by Gasteiger charge is -2.09. The molecule has 0 saturated carbocycles. The summed E-state index contributed by atoms with van der Waals surface area (Å²) in [5.74, 6) is 5.27. The normalized spacial score (nSPS) is 11.8. The summed E-state index contributed by atoms with van der Waals surface area (Å²) in [5.41, 5.74) is 2.18. The summed E-state index contributed by atoms with van der Waals surface area (Å²) < 4.78 is 41.8. The van der Waals surface area contributed by atoms with Gasteiger partial charge in [0.25, 0.3) is 0 Å². The Morgan fingerprint density at radius 3 is 2.32 bits per heavy atom. The quantitative estimate of drug-likeness (QED) is 0.447. The molecule has 3 aromatic rings. The van der Waals surface area contributed by atoms with Crippen molar-refractivity contribution < 1.29 is 17.9 Å². The summed E-state index contributed by atoms with van der Waals surface area (Å²) in [7, 11) is 0. The van der Waals surface area contributed by atoms with E-state index >= 15 is 0 Å². The van der Waals surface area contributed by atoms with Crippen LogP contribution in [0.4, 0.5) is 13.2 Å². The van der Waals surface area contributed by atoms with Crippen molar-refractivity contribution in [1.82, 2.24) is 14.8 Å². The van der Waals surface area contributed by atoms with Crippen LogP contribution in [0, 0.1) is 0 Å². The second kappa shape index (κ2) is 6.63. The second-order valence-electron chi connectivity index (χ2n) is 4.95. The van der Waals surface area contributed by atoms with Crippen LogP contribution in [-0.4, -0.2) is 27.3 Å². The maximum Gasteiger partial charge on any atom is 0.573 e. The molecule has 3 rings (SSSR count). The van der Waals surface area contributed by atoms with Crippen LogP contribution in [0.1, 0.15) is 5.56 Å². The highest BCUT2D eigenvalue weighted by Gasteiger charge is 2.30. The third-order valence-corrected chi connectivity index (χ3v) is 3.22. The first-order valence-electron chi connectivity index (χ1n) is 7.06. The monoisotopic (exact) mass is 347 g/mol. The van der Waals surface area contributed by atoms with Gasteiger partial charge in [0.1, 0.15) is 12.1 Å². The molecule has 0 atom stereocenters. The van der Waals surface area contributed by atoms with Gasteiger partial charge < -0.3 is 10.6 Å². The Balaban J connectivity index is 1.79. The van der Waals surface area contributed by atoms with Crippen LogP contribution in [0.3, 0.4) is 0 Å². The Bertz CT molecular complexity index is 870. The molecule has 2 N–H and O–H groups in total. The predicted octanol–water partition coefficient (Wildman–Crippen LogP) is 3.13. The number of nitrogens with two attached hydrogens (primary N) is 1. The number of ether oxygens (including phenoxy) is 1. The molecule has 0 spiro atoms. The lowest BCUT2D eigenvalue weighted by atomic mass is 10.1. The molecule has 0 bridgehead atoms. The Hall–Kier alpha value is -3.36. The van der Waals surface area contributed by atoms with E-state index in [2.05, 4.69) is 19.9 Å². The van der Waals surface area contributed by atoms with Gasteiger partial charge >= 0.3 is 6.36 Å². The fourth-order valence-electron chi connectivity index (χ4n) is 2.12. The molecule has 25 heavy (non-hydrogen) atoms. The average Bonchev–Trinajstić information content (AvgIpc) is 3.05. The van der Waals surface area contributed by atoms with Gasteiger partial charge in [-0.1, -0.05) is 24.3 Å². The zero-order valence-corrected chi connectivity index (χ0v) is 12.7. The lowest BCUT2D eigenvalue weighted by Crippen LogP contribution is -2.17. The molecule has 0 aliphatic rings. The molecular formula is C16H12F3N5O. The highest BCUT2D eigenvalue weighted by Crippen LogP contribution is 2.24. The molecule has 0 aliphatic heterocycles. The van der Waals surface area contributed by atoms with Crippen molar-refractivity contribution >= 4 is 6.21 Å². The van der Waals surface area contributed by atoms with Gasteiger partial charge in [-0.05, 0) is 29.8 Å². The van der Waals surface area contributed by atoms with Crippen molar-refractivity contribution in [2.75, 3.05) is 0 Å². The molecule has 2 aromatic carbocycles. The van der Waals surface area contributed by atoms with E-state index in [1.54, 1.807) is 0 Å². The molecule has 1 aromatic heterocycles. The summed E-state index contributed by atoms with van der Waals surface area (Å²) in [4.78, 5) is 4.20. The van der Waals surface area contributed by atoms with Crippen molar-refractivity contribution in [3.63, 3.8) is 0 Å². The number of nitrogens with zero attached hydrogens (tertiary/aromatic N) is 4. The lowest BCUT2D eigenvalue weighted by molar-refractivity contribution is -0.274. The van der Waals surface area contributed by atoms with E-state index in [0.29, 0.717) is 11.5 Å². The van der Waals surface area contributed by atoms with Crippen molar-refractivity contribution in [1.29, 1.82) is 0 Å². The number of rotatable bonds is 4. The standard InChI is InChI=1S/C16H12F3N5O/c17-16(18,19)25-14-7-5-13(6-8-14)24-10-21-15(23-24)12-3-1-11(2-4-12)9-22-20/h1-10H,20H2/b22-9-. The van der Waals surface area contributed by atoms with Crippen LogP contribution in [0.5, 0.6) is 5.75 Å². The first-order valence-corrected chi connectivity index (χ1v) is 7.06. The molecule has 6 nitrogen and oxygen atoms in total. The minimum atomic E-state index is -4.72. The molecule has 0 radical (unpaired) electrons.